The maximum atomic E-state index is 10.6. The van der Waals surface area contributed by atoms with Crippen LogP contribution in [0.15, 0.2) is 0 Å². The van der Waals surface area contributed by atoms with Gasteiger partial charge in [-0.1, -0.05) is 0 Å². The number of rotatable bonds is 3. The number of esters is 1. The molecule has 0 bridgehead atoms. The Morgan fingerprint density at radius 3 is 2.40 bits per heavy atom. The first-order valence-corrected chi connectivity index (χ1v) is 3.12. The van der Waals surface area contributed by atoms with Gasteiger partial charge in [-0.15, -0.1) is 0 Å². The standard InChI is InChI=1S/C6H12O4/c1-3-10-6(9)5(8)4(2)7/h4-5,7-8H,3H2,1-2H3. The van der Waals surface area contributed by atoms with E-state index < -0.39 is 18.2 Å². The lowest BCUT2D eigenvalue weighted by molar-refractivity contribution is -0.158. The number of carbonyl (C=O) groups excluding carboxylic acids is 1. The smallest absolute Gasteiger partial charge is 0.337 e. The highest BCUT2D eigenvalue weighted by molar-refractivity contribution is 5.74. The highest BCUT2D eigenvalue weighted by Gasteiger charge is 2.20. The highest BCUT2D eigenvalue weighted by atomic mass is 16.5. The summed E-state index contributed by atoms with van der Waals surface area (Å²) in [6.45, 7) is 3.16. The topological polar surface area (TPSA) is 66.8 Å². The van der Waals surface area contributed by atoms with Crippen LogP contribution >= 0.6 is 0 Å². The molecule has 2 N–H and O–H groups in total. The summed E-state index contributed by atoms with van der Waals surface area (Å²) < 4.78 is 4.42. The van der Waals surface area contributed by atoms with Crippen LogP contribution in [0.2, 0.25) is 0 Å². The van der Waals surface area contributed by atoms with E-state index in [0.717, 1.165) is 0 Å². The summed E-state index contributed by atoms with van der Waals surface area (Å²) in [6.07, 6.45) is -2.49. The fourth-order valence-electron chi connectivity index (χ4n) is 0.425. The quantitative estimate of drug-likeness (QED) is 0.519. The average molecular weight is 148 g/mol. The molecule has 0 rings (SSSR count). The van der Waals surface area contributed by atoms with Crippen LogP contribution in [0.25, 0.3) is 0 Å². The third-order valence-corrected chi connectivity index (χ3v) is 0.985. The van der Waals surface area contributed by atoms with Gasteiger partial charge in [0.05, 0.1) is 12.7 Å². The predicted molar refractivity (Wildman–Crippen MR) is 34.3 cm³/mol. The third kappa shape index (κ3) is 2.80. The van der Waals surface area contributed by atoms with Crippen LogP contribution < -0.4 is 0 Å². The van der Waals surface area contributed by atoms with E-state index in [1.807, 2.05) is 0 Å². The lowest BCUT2D eigenvalue weighted by atomic mass is 10.2. The second-order valence-electron chi connectivity index (χ2n) is 1.94. The molecule has 0 spiro atoms. The summed E-state index contributed by atoms with van der Waals surface area (Å²) in [5.74, 6) is -0.780. The van der Waals surface area contributed by atoms with Crippen LogP contribution in [0.5, 0.6) is 0 Å². The van der Waals surface area contributed by atoms with E-state index >= 15 is 0 Å². The maximum Gasteiger partial charge on any atom is 0.337 e. The van der Waals surface area contributed by atoms with Gasteiger partial charge >= 0.3 is 5.97 Å². The van der Waals surface area contributed by atoms with Crippen LogP contribution in [0, 0.1) is 0 Å². The van der Waals surface area contributed by atoms with Gasteiger partial charge in [-0.3, -0.25) is 0 Å². The zero-order valence-electron chi connectivity index (χ0n) is 6.07. The summed E-state index contributed by atoms with van der Waals surface area (Å²) in [6, 6.07) is 0. The zero-order valence-corrected chi connectivity index (χ0v) is 6.07. The number of hydrogen-bond donors (Lipinski definition) is 2. The van der Waals surface area contributed by atoms with Crippen molar-refractivity contribution in [3.63, 3.8) is 0 Å². The zero-order chi connectivity index (χ0) is 8.15. The summed E-state index contributed by atoms with van der Waals surface area (Å²) in [5, 5.41) is 17.5. The molecule has 0 saturated carbocycles. The molecule has 2 unspecified atom stereocenters. The van der Waals surface area contributed by atoms with E-state index in [1.165, 1.54) is 6.92 Å². The van der Waals surface area contributed by atoms with Crippen molar-refractivity contribution in [1.29, 1.82) is 0 Å². The Hall–Kier alpha value is -0.610. The van der Waals surface area contributed by atoms with Crippen LogP contribution in [0.4, 0.5) is 0 Å². The molecule has 60 valence electrons. The van der Waals surface area contributed by atoms with E-state index in [1.54, 1.807) is 6.92 Å². The first-order valence-electron chi connectivity index (χ1n) is 3.12. The monoisotopic (exact) mass is 148 g/mol. The normalized spacial score (nSPS) is 16.0. The Bertz CT molecular complexity index is 110. The first kappa shape index (κ1) is 9.39. The third-order valence-electron chi connectivity index (χ3n) is 0.985. The van der Waals surface area contributed by atoms with E-state index in [-0.39, 0.29) is 6.61 Å². The molecule has 0 radical (unpaired) electrons. The molecular formula is C6H12O4. The molecule has 0 aliphatic rings. The Morgan fingerprint density at radius 2 is 2.10 bits per heavy atom. The second-order valence-corrected chi connectivity index (χ2v) is 1.94. The fraction of sp³-hybridized carbons (Fsp3) is 0.833. The number of ether oxygens (including phenoxy) is 1. The molecular weight excluding hydrogens is 136 g/mol. The van der Waals surface area contributed by atoms with Crippen LogP contribution in [0.1, 0.15) is 13.8 Å². The second kappa shape index (κ2) is 4.24. The summed E-state index contributed by atoms with van der Waals surface area (Å²) in [5.41, 5.74) is 0. The largest absolute Gasteiger partial charge is 0.464 e. The Kier molecular flexibility index (Phi) is 3.99. The molecule has 0 heterocycles. The number of aliphatic hydroxyl groups is 2. The van der Waals surface area contributed by atoms with Crippen molar-refractivity contribution in [3.8, 4) is 0 Å². The highest BCUT2D eigenvalue weighted by Crippen LogP contribution is 1.94. The first-order chi connectivity index (χ1) is 4.59. The summed E-state index contributed by atoms with van der Waals surface area (Å²) in [4.78, 5) is 10.6. The van der Waals surface area contributed by atoms with Gasteiger partial charge in [0.1, 0.15) is 0 Å². The molecule has 0 aliphatic heterocycles. The minimum atomic E-state index is -1.42. The van der Waals surface area contributed by atoms with E-state index in [0.29, 0.717) is 0 Å². The minimum absolute atomic E-state index is 0.211. The molecule has 10 heavy (non-hydrogen) atoms. The molecule has 0 aromatic carbocycles. The molecule has 0 aromatic rings. The van der Waals surface area contributed by atoms with Crippen molar-refractivity contribution in [3.05, 3.63) is 0 Å². The minimum Gasteiger partial charge on any atom is -0.464 e. The molecule has 0 aromatic heterocycles. The molecule has 2 atom stereocenters. The maximum absolute atomic E-state index is 10.6. The van der Waals surface area contributed by atoms with Gasteiger partial charge in [-0.25, -0.2) is 4.79 Å². The van der Waals surface area contributed by atoms with Gasteiger partial charge in [0.25, 0.3) is 0 Å². The lowest BCUT2D eigenvalue weighted by Gasteiger charge is -2.10. The molecule has 0 fully saturated rings. The Labute approximate surface area is 59.4 Å². The fourth-order valence-corrected chi connectivity index (χ4v) is 0.425. The SMILES string of the molecule is CCOC(=O)C(O)C(C)O. The number of carbonyl (C=O) groups is 1. The van der Waals surface area contributed by atoms with Gasteiger partial charge in [-0.2, -0.15) is 0 Å². The van der Waals surface area contributed by atoms with Crippen LogP contribution in [-0.2, 0) is 9.53 Å². The Morgan fingerprint density at radius 1 is 1.60 bits per heavy atom. The summed E-state index contributed by atoms with van der Waals surface area (Å²) in [7, 11) is 0. The van der Waals surface area contributed by atoms with Crippen molar-refractivity contribution in [2.45, 2.75) is 26.1 Å². The molecule has 0 amide bonds. The lowest BCUT2D eigenvalue weighted by Crippen LogP contribution is -2.33. The van der Waals surface area contributed by atoms with Crippen molar-refractivity contribution < 1.29 is 19.7 Å². The number of aliphatic hydroxyl groups excluding tert-OH is 2. The predicted octanol–water partition coefficient (Wildman–Crippen LogP) is -0.709. The van der Waals surface area contributed by atoms with E-state index in [9.17, 15) is 4.79 Å². The van der Waals surface area contributed by atoms with Gasteiger partial charge in [0.2, 0.25) is 0 Å². The van der Waals surface area contributed by atoms with Crippen molar-refractivity contribution in [1.82, 2.24) is 0 Å². The molecule has 0 saturated heterocycles. The van der Waals surface area contributed by atoms with Crippen molar-refractivity contribution >= 4 is 5.97 Å². The number of hydrogen-bond acceptors (Lipinski definition) is 4. The van der Waals surface area contributed by atoms with Crippen molar-refractivity contribution in [2.75, 3.05) is 6.61 Å². The van der Waals surface area contributed by atoms with E-state index in [4.69, 9.17) is 10.2 Å². The van der Waals surface area contributed by atoms with Gasteiger partial charge in [-0.05, 0) is 13.8 Å². The van der Waals surface area contributed by atoms with Gasteiger partial charge < -0.3 is 14.9 Å². The average Bonchev–Trinajstić information content (AvgIpc) is 1.87. The van der Waals surface area contributed by atoms with Gasteiger partial charge in [0.15, 0.2) is 6.10 Å². The Balaban J connectivity index is 3.71. The molecule has 4 nitrogen and oxygen atoms in total. The summed E-state index contributed by atoms with van der Waals surface area (Å²) >= 11 is 0. The van der Waals surface area contributed by atoms with Crippen LogP contribution in [0.3, 0.4) is 0 Å². The van der Waals surface area contributed by atoms with Crippen LogP contribution in [-0.4, -0.2) is 35.0 Å². The molecule has 0 aliphatic carbocycles. The van der Waals surface area contributed by atoms with Crippen molar-refractivity contribution in [2.24, 2.45) is 0 Å². The van der Waals surface area contributed by atoms with E-state index in [2.05, 4.69) is 4.74 Å². The van der Waals surface area contributed by atoms with Gasteiger partial charge in [0, 0.05) is 0 Å². The molecule has 4 heteroatoms.